The summed E-state index contributed by atoms with van der Waals surface area (Å²) in [6.07, 6.45) is 5.49. The number of nitro benzene ring substituents is 1. The topological polar surface area (TPSA) is 100 Å². The maximum atomic E-state index is 13.1. The third-order valence-electron chi connectivity index (χ3n) is 4.95. The number of benzene rings is 1. The van der Waals surface area contributed by atoms with E-state index in [-0.39, 0.29) is 30.0 Å². The zero-order chi connectivity index (χ0) is 18.8. The first-order chi connectivity index (χ1) is 13.1. The molecule has 1 aliphatic heterocycles. The number of rotatable bonds is 5. The lowest BCUT2D eigenvalue weighted by Gasteiger charge is -2.36. The van der Waals surface area contributed by atoms with E-state index in [0.29, 0.717) is 36.9 Å². The first kappa shape index (κ1) is 20.0. The second-order valence-electron chi connectivity index (χ2n) is 6.91. The molecule has 2 fully saturated rings. The number of anilines is 1. The molecule has 1 aromatic carbocycles. The Balaban J connectivity index is 0.00000225. The molecule has 1 saturated heterocycles. The zero-order valence-electron chi connectivity index (χ0n) is 15.2. The first-order valence-electron chi connectivity index (χ1n) is 9.10. The summed E-state index contributed by atoms with van der Waals surface area (Å²) in [7, 11) is 0. The van der Waals surface area contributed by atoms with E-state index in [9.17, 15) is 14.9 Å². The minimum Gasteiger partial charge on any atom is -0.377 e. The van der Waals surface area contributed by atoms with E-state index in [1.54, 1.807) is 29.4 Å². The number of amides is 1. The van der Waals surface area contributed by atoms with Crippen LogP contribution < -0.4 is 10.6 Å². The Hall–Kier alpha value is -2.71. The molecular weight excluding hydrogens is 382 g/mol. The maximum Gasteiger partial charge on any atom is 0.293 e. The number of pyridine rings is 1. The van der Waals surface area contributed by atoms with Crippen LogP contribution in [0.25, 0.3) is 0 Å². The minimum atomic E-state index is -0.433. The summed E-state index contributed by atoms with van der Waals surface area (Å²) in [5, 5.41) is 17.9. The molecule has 2 aromatic rings. The van der Waals surface area contributed by atoms with Crippen LogP contribution in [-0.4, -0.2) is 46.4 Å². The van der Waals surface area contributed by atoms with Crippen molar-refractivity contribution >= 4 is 29.7 Å². The second kappa shape index (κ2) is 8.53. The quantitative estimate of drug-likeness (QED) is 0.588. The number of halogens is 1. The standard InChI is InChI=1S/C19H21N5O3.ClH/c25-19(23-9-8-21-12-18(23)14-2-1-7-20-11-14)13-3-6-16(22-15-4-5-15)17(10-13)24(26)27;/h1-3,6-7,10-11,15,18,21-22H,4-5,8-9,12H2;1H. The zero-order valence-corrected chi connectivity index (χ0v) is 16.0. The monoisotopic (exact) mass is 403 g/mol. The van der Waals surface area contributed by atoms with E-state index in [2.05, 4.69) is 15.6 Å². The van der Waals surface area contributed by atoms with Gasteiger partial charge < -0.3 is 15.5 Å². The van der Waals surface area contributed by atoms with Gasteiger partial charge in [-0.2, -0.15) is 0 Å². The van der Waals surface area contributed by atoms with Gasteiger partial charge in [-0.05, 0) is 36.6 Å². The number of nitrogens with zero attached hydrogens (tertiary/aromatic N) is 3. The molecule has 4 rings (SSSR count). The highest BCUT2D eigenvalue weighted by Crippen LogP contribution is 2.32. The molecule has 0 radical (unpaired) electrons. The smallest absolute Gasteiger partial charge is 0.293 e. The third-order valence-corrected chi connectivity index (χ3v) is 4.95. The van der Waals surface area contributed by atoms with E-state index < -0.39 is 4.92 Å². The van der Waals surface area contributed by atoms with Crippen LogP contribution in [0.1, 0.15) is 34.8 Å². The highest BCUT2D eigenvalue weighted by atomic mass is 35.5. The van der Waals surface area contributed by atoms with Gasteiger partial charge in [0.15, 0.2) is 0 Å². The molecule has 1 aliphatic carbocycles. The lowest BCUT2D eigenvalue weighted by molar-refractivity contribution is -0.384. The fraction of sp³-hybridized carbons (Fsp3) is 0.368. The Kier molecular flexibility index (Phi) is 6.11. The van der Waals surface area contributed by atoms with Crippen molar-refractivity contribution in [3.8, 4) is 0 Å². The van der Waals surface area contributed by atoms with Gasteiger partial charge in [-0.1, -0.05) is 6.07 Å². The Morgan fingerprint density at radius 2 is 2.14 bits per heavy atom. The third kappa shape index (κ3) is 4.23. The molecule has 1 amide bonds. The summed E-state index contributed by atoms with van der Waals surface area (Å²) < 4.78 is 0. The summed E-state index contributed by atoms with van der Waals surface area (Å²) in [6, 6.07) is 8.63. The van der Waals surface area contributed by atoms with Crippen LogP contribution in [0, 0.1) is 10.1 Å². The summed E-state index contributed by atoms with van der Waals surface area (Å²) >= 11 is 0. The molecule has 1 unspecified atom stereocenters. The normalized spacial score (nSPS) is 18.9. The van der Waals surface area contributed by atoms with E-state index in [4.69, 9.17) is 0 Å². The molecule has 0 spiro atoms. The van der Waals surface area contributed by atoms with Crippen molar-refractivity contribution in [1.82, 2.24) is 15.2 Å². The van der Waals surface area contributed by atoms with E-state index >= 15 is 0 Å². The molecule has 0 bridgehead atoms. The van der Waals surface area contributed by atoms with Gasteiger partial charge in [-0.15, -0.1) is 12.4 Å². The van der Waals surface area contributed by atoms with Crippen LogP contribution in [0.3, 0.4) is 0 Å². The molecule has 1 atom stereocenters. The Morgan fingerprint density at radius 1 is 1.32 bits per heavy atom. The number of nitrogens with one attached hydrogen (secondary N) is 2. The number of piperazine rings is 1. The predicted molar refractivity (Wildman–Crippen MR) is 108 cm³/mol. The SMILES string of the molecule is Cl.O=C(c1ccc(NC2CC2)c([N+](=O)[O-])c1)N1CCNCC1c1cccnc1. The van der Waals surface area contributed by atoms with Gasteiger partial charge in [-0.3, -0.25) is 19.9 Å². The molecule has 28 heavy (non-hydrogen) atoms. The summed E-state index contributed by atoms with van der Waals surface area (Å²) in [4.78, 5) is 30.1. The van der Waals surface area contributed by atoms with E-state index in [1.165, 1.54) is 6.07 Å². The lowest BCUT2D eigenvalue weighted by Crippen LogP contribution is -2.48. The molecule has 1 saturated carbocycles. The fourth-order valence-corrected chi connectivity index (χ4v) is 3.37. The van der Waals surface area contributed by atoms with Gasteiger partial charge in [0.05, 0.1) is 11.0 Å². The van der Waals surface area contributed by atoms with Crippen LogP contribution in [0.5, 0.6) is 0 Å². The van der Waals surface area contributed by atoms with Gasteiger partial charge in [-0.25, -0.2) is 0 Å². The summed E-state index contributed by atoms with van der Waals surface area (Å²) in [5.74, 6) is -0.202. The number of carbonyl (C=O) groups is 1. The van der Waals surface area contributed by atoms with E-state index in [1.807, 2.05) is 12.1 Å². The van der Waals surface area contributed by atoms with Crippen molar-refractivity contribution in [2.24, 2.45) is 0 Å². The molecule has 1 aromatic heterocycles. The van der Waals surface area contributed by atoms with Crippen molar-refractivity contribution in [2.45, 2.75) is 24.9 Å². The largest absolute Gasteiger partial charge is 0.377 e. The van der Waals surface area contributed by atoms with Crippen LogP contribution >= 0.6 is 12.4 Å². The van der Waals surface area contributed by atoms with Crippen molar-refractivity contribution in [2.75, 3.05) is 25.0 Å². The summed E-state index contributed by atoms with van der Waals surface area (Å²) in [5.41, 5.74) is 1.70. The van der Waals surface area contributed by atoms with Crippen molar-refractivity contribution in [3.63, 3.8) is 0 Å². The molecule has 148 valence electrons. The van der Waals surface area contributed by atoms with E-state index in [0.717, 1.165) is 18.4 Å². The van der Waals surface area contributed by atoms with Crippen molar-refractivity contribution < 1.29 is 9.72 Å². The number of carbonyl (C=O) groups excluding carboxylic acids is 1. The summed E-state index contributed by atoms with van der Waals surface area (Å²) in [6.45, 7) is 1.85. The molecule has 9 heteroatoms. The van der Waals surface area contributed by atoms with Gasteiger partial charge >= 0.3 is 0 Å². The van der Waals surface area contributed by atoms with Crippen LogP contribution in [-0.2, 0) is 0 Å². The van der Waals surface area contributed by atoms with Crippen LogP contribution in [0.2, 0.25) is 0 Å². The average molecular weight is 404 g/mol. The fourth-order valence-electron chi connectivity index (χ4n) is 3.37. The van der Waals surface area contributed by atoms with Gasteiger partial charge in [0.2, 0.25) is 0 Å². The molecule has 2 aliphatic rings. The van der Waals surface area contributed by atoms with Gasteiger partial charge in [0, 0.05) is 49.7 Å². The molecule has 2 heterocycles. The molecular formula is C19H22ClN5O3. The number of aromatic nitrogens is 1. The lowest BCUT2D eigenvalue weighted by atomic mass is 10.0. The average Bonchev–Trinajstić information content (AvgIpc) is 3.52. The number of hydrogen-bond donors (Lipinski definition) is 2. The van der Waals surface area contributed by atoms with Crippen LogP contribution in [0.4, 0.5) is 11.4 Å². The number of hydrogen-bond acceptors (Lipinski definition) is 6. The minimum absolute atomic E-state index is 0. The molecule has 2 N–H and O–H groups in total. The predicted octanol–water partition coefficient (Wildman–Crippen LogP) is 2.77. The van der Waals surface area contributed by atoms with Crippen LogP contribution in [0.15, 0.2) is 42.7 Å². The second-order valence-corrected chi connectivity index (χ2v) is 6.91. The Bertz CT molecular complexity index is 860. The van der Waals surface area contributed by atoms with Crippen molar-refractivity contribution in [1.29, 1.82) is 0 Å². The van der Waals surface area contributed by atoms with Crippen molar-refractivity contribution in [3.05, 3.63) is 64.0 Å². The Morgan fingerprint density at radius 3 is 2.82 bits per heavy atom. The first-order valence-corrected chi connectivity index (χ1v) is 9.10. The Labute approximate surface area is 168 Å². The van der Waals surface area contributed by atoms with Gasteiger partial charge in [0.1, 0.15) is 5.69 Å². The number of nitro groups is 1. The van der Waals surface area contributed by atoms with Gasteiger partial charge in [0.25, 0.3) is 11.6 Å². The highest BCUT2D eigenvalue weighted by molar-refractivity contribution is 5.96. The molecule has 8 nitrogen and oxygen atoms in total. The maximum absolute atomic E-state index is 13.1. The highest BCUT2D eigenvalue weighted by Gasteiger charge is 2.31.